The van der Waals surface area contributed by atoms with Crippen molar-refractivity contribution in [3.05, 3.63) is 237 Å². The molecule has 0 fully saturated rings. The van der Waals surface area contributed by atoms with Gasteiger partial charge >= 0.3 is 0 Å². The fourth-order valence-electron chi connectivity index (χ4n) is 10.4. The van der Waals surface area contributed by atoms with E-state index in [0.717, 1.165) is 49.8 Å². The van der Waals surface area contributed by atoms with Gasteiger partial charge in [-0.1, -0.05) is 200 Å². The Hall–Kier alpha value is -8.46. The summed E-state index contributed by atoms with van der Waals surface area (Å²) < 4.78 is 8.99. The van der Waals surface area contributed by atoms with Crippen molar-refractivity contribution in [1.82, 2.24) is 4.57 Å². The Morgan fingerprint density at radius 1 is 0.266 bits per heavy atom. The largest absolute Gasteiger partial charge is 0.455 e. The van der Waals surface area contributed by atoms with Gasteiger partial charge in [-0.25, -0.2) is 0 Å². The summed E-state index contributed by atoms with van der Waals surface area (Å²) in [6, 6.07) is 86.1. The van der Waals surface area contributed by atoms with Gasteiger partial charge in [0.05, 0.1) is 11.0 Å². The minimum absolute atomic E-state index is 0.907. The van der Waals surface area contributed by atoms with Crippen LogP contribution in [0.1, 0.15) is 0 Å². The lowest BCUT2D eigenvalue weighted by molar-refractivity contribution is 0.670. The van der Waals surface area contributed by atoms with Gasteiger partial charge < -0.3 is 8.98 Å². The molecule has 0 saturated carbocycles. The molecular formula is C62H39NO. The molecule has 0 spiro atoms. The van der Waals surface area contributed by atoms with E-state index >= 15 is 0 Å². The average molecular weight is 814 g/mol. The van der Waals surface area contributed by atoms with Crippen molar-refractivity contribution in [2.75, 3.05) is 0 Å². The van der Waals surface area contributed by atoms with Crippen LogP contribution < -0.4 is 0 Å². The zero-order chi connectivity index (χ0) is 42.1. The molecule has 2 heteroatoms. The first kappa shape index (κ1) is 36.2. The summed E-state index contributed by atoms with van der Waals surface area (Å²) in [4.78, 5) is 0. The van der Waals surface area contributed by atoms with E-state index in [2.05, 4.69) is 235 Å². The minimum atomic E-state index is 0.907. The maximum atomic E-state index is 6.54. The predicted molar refractivity (Wildman–Crippen MR) is 270 cm³/mol. The van der Waals surface area contributed by atoms with Gasteiger partial charge in [0.15, 0.2) is 0 Å². The zero-order valence-corrected chi connectivity index (χ0v) is 34.9. The Morgan fingerprint density at radius 3 is 1.45 bits per heavy atom. The van der Waals surface area contributed by atoms with E-state index in [1.54, 1.807) is 0 Å². The fraction of sp³-hybridized carbons (Fsp3) is 0. The molecule has 0 radical (unpaired) electrons. The van der Waals surface area contributed by atoms with E-state index < -0.39 is 0 Å². The van der Waals surface area contributed by atoms with E-state index in [9.17, 15) is 0 Å². The quantitative estimate of drug-likeness (QED) is 0.153. The van der Waals surface area contributed by atoms with Crippen LogP contribution in [0.15, 0.2) is 241 Å². The van der Waals surface area contributed by atoms with Gasteiger partial charge in [-0.15, -0.1) is 0 Å². The summed E-state index contributed by atoms with van der Waals surface area (Å²) in [6.45, 7) is 0. The van der Waals surface area contributed by atoms with Crippen molar-refractivity contribution >= 4 is 65.3 Å². The summed E-state index contributed by atoms with van der Waals surface area (Å²) in [6.07, 6.45) is 0. The van der Waals surface area contributed by atoms with Crippen LogP contribution in [0.5, 0.6) is 0 Å². The second-order valence-electron chi connectivity index (χ2n) is 16.7. The van der Waals surface area contributed by atoms with Crippen molar-refractivity contribution in [3.8, 4) is 61.3 Å². The molecule has 0 aliphatic carbocycles. The second kappa shape index (κ2) is 14.6. The Balaban J connectivity index is 1.11. The summed E-state index contributed by atoms with van der Waals surface area (Å²) in [5, 5.41) is 9.55. The van der Waals surface area contributed by atoms with Gasteiger partial charge in [0.25, 0.3) is 0 Å². The highest BCUT2D eigenvalue weighted by atomic mass is 16.3. The molecule has 13 aromatic rings. The first-order valence-corrected chi connectivity index (χ1v) is 22.0. The van der Waals surface area contributed by atoms with Crippen LogP contribution in [0.4, 0.5) is 0 Å². The van der Waals surface area contributed by atoms with Crippen LogP contribution in [0.3, 0.4) is 0 Å². The first-order valence-electron chi connectivity index (χ1n) is 22.0. The number of fused-ring (bicyclic) bond motifs is 8. The van der Waals surface area contributed by atoms with Gasteiger partial charge in [-0.2, -0.15) is 0 Å². The third kappa shape index (κ3) is 5.59. The molecule has 64 heavy (non-hydrogen) atoms. The molecular weight excluding hydrogens is 775 g/mol. The van der Waals surface area contributed by atoms with Crippen LogP contribution in [-0.2, 0) is 0 Å². The Labute approximate surface area is 370 Å². The van der Waals surface area contributed by atoms with E-state index in [-0.39, 0.29) is 0 Å². The summed E-state index contributed by atoms with van der Waals surface area (Å²) >= 11 is 0. The molecule has 0 N–H and O–H groups in total. The van der Waals surface area contributed by atoms with Crippen LogP contribution >= 0.6 is 0 Å². The van der Waals surface area contributed by atoms with Crippen LogP contribution in [0, 0.1) is 0 Å². The lowest BCUT2D eigenvalue weighted by Gasteiger charge is -2.22. The lowest BCUT2D eigenvalue weighted by atomic mass is 9.82. The molecule has 11 aromatic carbocycles. The van der Waals surface area contributed by atoms with Gasteiger partial charge in [-0.3, -0.25) is 0 Å². The number of rotatable bonds is 6. The summed E-state index contributed by atoms with van der Waals surface area (Å²) in [5.41, 5.74) is 17.2. The lowest BCUT2D eigenvalue weighted by Crippen LogP contribution is -1.97. The number of hydrogen-bond acceptors (Lipinski definition) is 1. The maximum Gasteiger partial charge on any atom is 0.143 e. The highest BCUT2D eigenvalue weighted by molar-refractivity contribution is 6.24. The van der Waals surface area contributed by atoms with Gasteiger partial charge in [0.1, 0.15) is 11.2 Å². The monoisotopic (exact) mass is 813 g/mol. The molecule has 0 unspecified atom stereocenters. The fourth-order valence-corrected chi connectivity index (χ4v) is 10.4. The molecule has 2 heterocycles. The van der Waals surface area contributed by atoms with Crippen LogP contribution in [-0.4, -0.2) is 4.57 Å². The number of furan rings is 1. The van der Waals surface area contributed by atoms with E-state index in [4.69, 9.17) is 4.42 Å². The summed E-state index contributed by atoms with van der Waals surface area (Å²) in [7, 11) is 0. The average Bonchev–Trinajstić information content (AvgIpc) is 3.92. The number of nitrogens with zero attached hydrogens (tertiary/aromatic N) is 1. The molecule has 13 rings (SSSR count). The zero-order valence-electron chi connectivity index (χ0n) is 34.9. The minimum Gasteiger partial charge on any atom is -0.455 e. The summed E-state index contributed by atoms with van der Waals surface area (Å²) in [5.74, 6) is 0. The first-order chi connectivity index (χ1) is 31.8. The highest BCUT2D eigenvalue weighted by Gasteiger charge is 2.23. The Bertz CT molecular complexity index is 3950. The normalized spacial score (nSPS) is 11.8. The van der Waals surface area contributed by atoms with Crippen molar-refractivity contribution in [2.45, 2.75) is 0 Å². The molecule has 0 bridgehead atoms. The van der Waals surface area contributed by atoms with Crippen LogP contribution in [0.2, 0.25) is 0 Å². The van der Waals surface area contributed by atoms with Crippen molar-refractivity contribution in [2.24, 2.45) is 0 Å². The number of aromatic nitrogens is 1. The third-order valence-electron chi connectivity index (χ3n) is 13.2. The maximum absolute atomic E-state index is 6.54. The van der Waals surface area contributed by atoms with E-state index in [1.807, 2.05) is 6.07 Å². The predicted octanol–water partition coefficient (Wildman–Crippen LogP) is 17.3. The van der Waals surface area contributed by atoms with Gasteiger partial charge in [0, 0.05) is 32.8 Å². The van der Waals surface area contributed by atoms with Gasteiger partial charge in [0.2, 0.25) is 0 Å². The highest BCUT2D eigenvalue weighted by Crippen LogP contribution is 2.49. The number of para-hydroxylation sites is 3. The SMILES string of the molecule is c1ccc(-c2ccccc2-c2c3ccccc3c(-c3ccccc3-c3ccccc3)c3cc(-n4c5ccccc5c5cc(-c6cccc7c6oc6ccccc67)ccc54)ccc23)cc1. The molecule has 298 valence electrons. The van der Waals surface area contributed by atoms with Crippen LogP contribution in [0.25, 0.3) is 127 Å². The smallest absolute Gasteiger partial charge is 0.143 e. The molecule has 0 aliphatic heterocycles. The van der Waals surface area contributed by atoms with Crippen molar-refractivity contribution < 1.29 is 4.42 Å². The van der Waals surface area contributed by atoms with Gasteiger partial charge in [-0.05, 0) is 108 Å². The topological polar surface area (TPSA) is 18.1 Å². The Kier molecular flexibility index (Phi) is 8.25. The molecule has 0 amide bonds. The molecule has 0 atom stereocenters. The molecule has 0 saturated heterocycles. The number of hydrogen-bond donors (Lipinski definition) is 0. The second-order valence-corrected chi connectivity index (χ2v) is 16.7. The standard InChI is InChI=1S/C62H39NO/c1-3-18-40(19-4-1)44-22-7-9-26-49(44)60-51-28-11-12-29-52(51)61(50-27-10-8-23-45(50)41-20-5-2-6-21-41)56-39-43(35-36-53(56)60)63-57-32-15-13-24-47(57)55-38-42(34-37-58(55)63)46-30-17-31-54-48-25-14-16-33-59(48)64-62(46)54/h1-39H. The number of benzene rings is 11. The van der Waals surface area contributed by atoms with Crippen molar-refractivity contribution in [1.29, 1.82) is 0 Å². The third-order valence-corrected chi connectivity index (χ3v) is 13.2. The molecule has 2 aromatic heterocycles. The molecule has 0 aliphatic rings. The molecule has 2 nitrogen and oxygen atoms in total. The van der Waals surface area contributed by atoms with E-state index in [1.165, 1.54) is 76.8 Å². The van der Waals surface area contributed by atoms with Crippen molar-refractivity contribution in [3.63, 3.8) is 0 Å². The Morgan fingerprint density at radius 2 is 0.766 bits per heavy atom. The van der Waals surface area contributed by atoms with E-state index in [0.29, 0.717) is 0 Å².